The van der Waals surface area contributed by atoms with Crippen molar-refractivity contribution in [2.24, 2.45) is 0 Å². The van der Waals surface area contributed by atoms with Gasteiger partial charge in [-0.1, -0.05) is 30.7 Å². The van der Waals surface area contributed by atoms with Crippen molar-refractivity contribution in [3.05, 3.63) is 53.6 Å². The number of methoxy groups -OCH3 is 1. The Balaban J connectivity index is 1.45. The maximum atomic E-state index is 12.7. The summed E-state index contributed by atoms with van der Waals surface area (Å²) in [4.78, 5) is 12.7. The van der Waals surface area contributed by atoms with Gasteiger partial charge in [0.2, 0.25) is 5.91 Å². The lowest BCUT2D eigenvalue weighted by atomic mass is 9.97. The standard InChI is InChI=1S/C22H26N4O2/c1-15(16-7-8-18-13-19(28-2)10-9-17(18)12-16)22(27)23-14-21-25-24-20-6-4-3-5-11-26(20)21/h7-10,12-13,15H,3-6,11,14H2,1-2H3,(H,23,27)/t15-/m0/s1. The second kappa shape index (κ2) is 8.00. The average Bonchev–Trinajstić information content (AvgIpc) is 2.96. The van der Waals surface area contributed by atoms with Crippen LogP contribution in [0.5, 0.6) is 5.75 Å². The molecule has 3 aromatic rings. The molecule has 0 saturated heterocycles. The van der Waals surface area contributed by atoms with Crippen LogP contribution in [0.15, 0.2) is 36.4 Å². The molecule has 2 aromatic carbocycles. The van der Waals surface area contributed by atoms with E-state index in [4.69, 9.17) is 4.74 Å². The fourth-order valence-corrected chi connectivity index (χ4v) is 3.79. The molecular weight excluding hydrogens is 352 g/mol. The van der Waals surface area contributed by atoms with Gasteiger partial charge >= 0.3 is 0 Å². The summed E-state index contributed by atoms with van der Waals surface area (Å²) in [6.45, 7) is 3.29. The van der Waals surface area contributed by atoms with Gasteiger partial charge in [-0.15, -0.1) is 10.2 Å². The maximum absolute atomic E-state index is 12.7. The van der Waals surface area contributed by atoms with Gasteiger partial charge in [-0.25, -0.2) is 0 Å². The highest BCUT2D eigenvalue weighted by Crippen LogP contribution is 2.25. The summed E-state index contributed by atoms with van der Waals surface area (Å²) in [5, 5.41) is 13.8. The van der Waals surface area contributed by atoms with Crippen molar-refractivity contribution in [1.29, 1.82) is 0 Å². The Morgan fingerprint density at radius 2 is 1.96 bits per heavy atom. The molecule has 1 aliphatic rings. The molecule has 0 saturated carbocycles. The average molecular weight is 378 g/mol. The fourth-order valence-electron chi connectivity index (χ4n) is 3.79. The van der Waals surface area contributed by atoms with E-state index < -0.39 is 0 Å². The molecule has 0 unspecified atom stereocenters. The van der Waals surface area contributed by atoms with E-state index in [2.05, 4.69) is 26.1 Å². The van der Waals surface area contributed by atoms with E-state index in [0.29, 0.717) is 6.54 Å². The number of fused-ring (bicyclic) bond motifs is 2. The third-order valence-corrected chi connectivity index (χ3v) is 5.57. The number of rotatable bonds is 5. The molecule has 0 spiro atoms. The largest absolute Gasteiger partial charge is 0.497 e. The first kappa shape index (κ1) is 18.5. The van der Waals surface area contributed by atoms with Gasteiger partial charge in [0.15, 0.2) is 5.82 Å². The fraction of sp³-hybridized carbons (Fsp3) is 0.409. The highest BCUT2D eigenvalue weighted by atomic mass is 16.5. The molecule has 1 aromatic heterocycles. The van der Waals surface area contributed by atoms with Gasteiger partial charge in [-0.2, -0.15) is 0 Å². The third kappa shape index (κ3) is 3.72. The third-order valence-electron chi connectivity index (χ3n) is 5.57. The highest BCUT2D eigenvalue weighted by molar-refractivity contribution is 5.88. The normalized spacial score (nSPS) is 14.9. The molecule has 0 aliphatic carbocycles. The summed E-state index contributed by atoms with van der Waals surface area (Å²) >= 11 is 0. The number of amides is 1. The molecule has 28 heavy (non-hydrogen) atoms. The molecule has 146 valence electrons. The van der Waals surface area contributed by atoms with E-state index in [1.54, 1.807) is 7.11 Å². The summed E-state index contributed by atoms with van der Waals surface area (Å²) in [6.07, 6.45) is 4.50. The van der Waals surface area contributed by atoms with Crippen molar-refractivity contribution in [1.82, 2.24) is 20.1 Å². The molecule has 1 atom stereocenters. The first-order valence-corrected chi connectivity index (χ1v) is 9.92. The van der Waals surface area contributed by atoms with Crippen LogP contribution in [-0.2, 0) is 24.3 Å². The van der Waals surface area contributed by atoms with Gasteiger partial charge < -0.3 is 14.6 Å². The lowest BCUT2D eigenvalue weighted by Crippen LogP contribution is -2.29. The van der Waals surface area contributed by atoms with Crippen molar-refractivity contribution in [3.8, 4) is 5.75 Å². The van der Waals surface area contributed by atoms with E-state index in [0.717, 1.165) is 59.5 Å². The van der Waals surface area contributed by atoms with Gasteiger partial charge in [-0.3, -0.25) is 4.79 Å². The number of hydrogen-bond donors (Lipinski definition) is 1. The molecule has 0 radical (unpaired) electrons. The number of nitrogens with zero attached hydrogens (tertiary/aromatic N) is 3. The lowest BCUT2D eigenvalue weighted by Gasteiger charge is -2.14. The van der Waals surface area contributed by atoms with Crippen molar-refractivity contribution in [2.75, 3.05) is 7.11 Å². The van der Waals surface area contributed by atoms with Gasteiger partial charge in [0.25, 0.3) is 0 Å². The van der Waals surface area contributed by atoms with Crippen molar-refractivity contribution in [3.63, 3.8) is 0 Å². The first-order valence-electron chi connectivity index (χ1n) is 9.92. The second-order valence-corrected chi connectivity index (χ2v) is 7.41. The van der Waals surface area contributed by atoms with Crippen molar-refractivity contribution in [2.45, 2.75) is 51.6 Å². The molecule has 2 heterocycles. The monoisotopic (exact) mass is 378 g/mol. The number of aryl methyl sites for hydroxylation is 1. The van der Waals surface area contributed by atoms with Crippen LogP contribution in [0.25, 0.3) is 10.8 Å². The molecule has 6 heteroatoms. The van der Waals surface area contributed by atoms with Crippen LogP contribution in [0.4, 0.5) is 0 Å². The highest BCUT2D eigenvalue weighted by Gasteiger charge is 2.18. The quantitative estimate of drug-likeness (QED) is 0.737. The van der Waals surface area contributed by atoms with E-state index >= 15 is 0 Å². The number of carbonyl (C=O) groups is 1. The molecule has 4 rings (SSSR count). The molecule has 1 amide bonds. The molecule has 1 N–H and O–H groups in total. The zero-order valence-corrected chi connectivity index (χ0v) is 16.4. The van der Waals surface area contributed by atoms with Gasteiger partial charge in [0.05, 0.1) is 19.6 Å². The van der Waals surface area contributed by atoms with Crippen LogP contribution in [0.1, 0.15) is 49.3 Å². The number of carbonyl (C=O) groups excluding carboxylic acids is 1. The minimum absolute atomic E-state index is 0.00108. The Labute approximate surface area is 164 Å². The molecule has 0 bridgehead atoms. The Morgan fingerprint density at radius 1 is 1.14 bits per heavy atom. The van der Waals surface area contributed by atoms with Gasteiger partial charge in [0, 0.05) is 13.0 Å². The first-order chi connectivity index (χ1) is 13.7. The van der Waals surface area contributed by atoms with Crippen LogP contribution < -0.4 is 10.1 Å². The SMILES string of the molecule is COc1ccc2cc([C@H](C)C(=O)NCc3nnc4n3CCCCC4)ccc2c1. The minimum Gasteiger partial charge on any atom is -0.497 e. The predicted molar refractivity (Wildman–Crippen MR) is 108 cm³/mol. The summed E-state index contributed by atoms with van der Waals surface area (Å²) < 4.78 is 7.44. The van der Waals surface area contributed by atoms with Crippen LogP contribution >= 0.6 is 0 Å². The van der Waals surface area contributed by atoms with Crippen LogP contribution in [-0.4, -0.2) is 27.8 Å². The summed E-state index contributed by atoms with van der Waals surface area (Å²) in [6, 6.07) is 12.1. The Hall–Kier alpha value is -2.89. The van der Waals surface area contributed by atoms with Crippen LogP contribution in [0, 0.1) is 0 Å². The number of hydrogen-bond acceptors (Lipinski definition) is 4. The lowest BCUT2D eigenvalue weighted by molar-refractivity contribution is -0.122. The Kier molecular flexibility index (Phi) is 5.28. The van der Waals surface area contributed by atoms with E-state index in [-0.39, 0.29) is 11.8 Å². The molecule has 1 aliphatic heterocycles. The van der Waals surface area contributed by atoms with Crippen LogP contribution in [0.2, 0.25) is 0 Å². The van der Waals surface area contributed by atoms with Crippen molar-refractivity contribution < 1.29 is 9.53 Å². The van der Waals surface area contributed by atoms with Gasteiger partial charge in [0.1, 0.15) is 11.6 Å². The maximum Gasteiger partial charge on any atom is 0.227 e. The minimum atomic E-state index is -0.238. The summed E-state index contributed by atoms with van der Waals surface area (Å²) in [5.41, 5.74) is 0.996. The molecular formula is C22H26N4O2. The summed E-state index contributed by atoms with van der Waals surface area (Å²) in [7, 11) is 1.66. The van der Waals surface area contributed by atoms with E-state index in [1.165, 1.54) is 6.42 Å². The number of benzene rings is 2. The Bertz CT molecular complexity index is 995. The summed E-state index contributed by atoms with van der Waals surface area (Å²) in [5.74, 6) is 2.48. The zero-order chi connectivity index (χ0) is 19.5. The van der Waals surface area contributed by atoms with Crippen molar-refractivity contribution >= 4 is 16.7 Å². The molecule has 0 fully saturated rings. The smallest absolute Gasteiger partial charge is 0.227 e. The Morgan fingerprint density at radius 3 is 2.82 bits per heavy atom. The van der Waals surface area contributed by atoms with E-state index in [9.17, 15) is 4.79 Å². The van der Waals surface area contributed by atoms with Gasteiger partial charge in [-0.05, 0) is 48.2 Å². The topological polar surface area (TPSA) is 69.0 Å². The van der Waals surface area contributed by atoms with Crippen LogP contribution in [0.3, 0.4) is 0 Å². The zero-order valence-electron chi connectivity index (χ0n) is 16.4. The predicted octanol–water partition coefficient (Wildman–Crippen LogP) is 3.59. The number of ether oxygens (including phenoxy) is 1. The molecule has 6 nitrogen and oxygen atoms in total. The van der Waals surface area contributed by atoms with E-state index in [1.807, 2.05) is 37.3 Å². The second-order valence-electron chi connectivity index (χ2n) is 7.41. The number of nitrogens with one attached hydrogen (secondary N) is 1. The number of aromatic nitrogens is 3.